The molecule has 140 valence electrons. The maximum Gasteiger partial charge on any atom is 0.225 e. The van der Waals surface area contributed by atoms with E-state index in [9.17, 15) is 9.90 Å². The van der Waals surface area contributed by atoms with Crippen LogP contribution in [0.5, 0.6) is 0 Å². The number of carbonyl (C=O) groups is 1. The molecule has 1 saturated carbocycles. The summed E-state index contributed by atoms with van der Waals surface area (Å²) in [6.45, 7) is 0.520. The molecule has 0 aromatic heterocycles. The predicted octanol–water partition coefficient (Wildman–Crippen LogP) is 1.28. The van der Waals surface area contributed by atoms with Crippen LogP contribution < -0.4 is 10.6 Å². The molecule has 3 unspecified atom stereocenters. The van der Waals surface area contributed by atoms with Gasteiger partial charge in [-0.1, -0.05) is 6.42 Å². The fraction of sp³-hybridized carbons (Fsp3) is 0.875. The molecule has 2 fully saturated rings. The quantitative estimate of drug-likeness (QED) is 0.328. The fourth-order valence-electron chi connectivity index (χ4n) is 3.28. The van der Waals surface area contributed by atoms with E-state index in [1.54, 1.807) is 23.7 Å². The molecule has 1 amide bonds. The van der Waals surface area contributed by atoms with Gasteiger partial charge in [0, 0.05) is 45.4 Å². The van der Waals surface area contributed by atoms with Gasteiger partial charge in [-0.25, -0.2) is 0 Å². The van der Waals surface area contributed by atoms with Crippen LogP contribution in [-0.4, -0.2) is 72.7 Å². The van der Waals surface area contributed by atoms with E-state index < -0.39 is 5.60 Å². The third kappa shape index (κ3) is 6.25. The van der Waals surface area contributed by atoms with E-state index in [-0.39, 0.29) is 41.8 Å². The first kappa shape index (κ1) is 21.8. The summed E-state index contributed by atoms with van der Waals surface area (Å²) >= 11 is 1.79. The molecule has 1 heterocycles. The topological polar surface area (TPSA) is 77.0 Å². The second-order valence-corrected chi connectivity index (χ2v) is 8.00. The number of nitrogens with zero attached hydrogens (tertiary/aromatic N) is 2. The molecule has 1 saturated heterocycles. The van der Waals surface area contributed by atoms with Crippen molar-refractivity contribution in [3.63, 3.8) is 0 Å². The largest absolute Gasteiger partial charge is 0.387 e. The highest BCUT2D eigenvalue weighted by Crippen LogP contribution is 2.27. The second-order valence-electron chi connectivity index (χ2n) is 6.89. The summed E-state index contributed by atoms with van der Waals surface area (Å²) in [5, 5.41) is 17.1. The first-order chi connectivity index (χ1) is 10.9. The Morgan fingerprint density at radius 3 is 2.75 bits per heavy atom. The van der Waals surface area contributed by atoms with Crippen molar-refractivity contribution >= 4 is 47.6 Å². The number of halogens is 1. The van der Waals surface area contributed by atoms with Gasteiger partial charge in [-0.05, 0) is 31.4 Å². The van der Waals surface area contributed by atoms with E-state index in [2.05, 4.69) is 15.6 Å². The molecule has 0 aromatic rings. The van der Waals surface area contributed by atoms with Crippen molar-refractivity contribution in [2.75, 3.05) is 39.2 Å². The predicted molar refractivity (Wildman–Crippen MR) is 111 cm³/mol. The molecule has 2 rings (SSSR count). The zero-order valence-electron chi connectivity index (χ0n) is 14.9. The Bertz CT molecular complexity index is 442. The van der Waals surface area contributed by atoms with Gasteiger partial charge in [-0.15, -0.1) is 24.0 Å². The van der Waals surface area contributed by atoms with E-state index in [0.29, 0.717) is 6.54 Å². The van der Waals surface area contributed by atoms with Gasteiger partial charge < -0.3 is 20.6 Å². The zero-order valence-corrected chi connectivity index (χ0v) is 18.0. The van der Waals surface area contributed by atoms with Gasteiger partial charge in [0.15, 0.2) is 5.96 Å². The van der Waals surface area contributed by atoms with Gasteiger partial charge in [-0.3, -0.25) is 9.79 Å². The lowest BCUT2D eigenvalue weighted by Crippen LogP contribution is -2.51. The molecule has 2 aliphatic rings. The van der Waals surface area contributed by atoms with E-state index in [1.165, 1.54) is 0 Å². The number of aliphatic hydroxyl groups is 1. The average Bonchev–Trinajstić information content (AvgIpc) is 2.98. The monoisotopic (exact) mass is 470 g/mol. The minimum absolute atomic E-state index is 0. The van der Waals surface area contributed by atoms with Crippen molar-refractivity contribution in [2.45, 2.75) is 43.7 Å². The number of thioether (sulfide) groups is 1. The number of nitrogens with one attached hydrogen (secondary N) is 2. The van der Waals surface area contributed by atoms with Crippen molar-refractivity contribution in [2.24, 2.45) is 10.9 Å². The van der Waals surface area contributed by atoms with Crippen LogP contribution in [0.3, 0.4) is 0 Å². The maximum absolute atomic E-state index is 12.2. The SMILES string of the molecule is CN=C(NCC1(O)CCSC1)NC1CCCC(C(=O)N(C)C)C1.I. The summed E-state index contributed by atoms with van der Waals surface area (Å²) in [6, 6.07) is 0.261. The molecule has 1 aliphatic carbocycles. The van der Waals surface area contributed by atoms with E-state index >= 15 is 0 Å². The Labute approximate surface area is 166 Å². The zero-order chi connectivity index (χ0) is 16.9. The smallest absolute Gasteiger partial charge is 0.225 e. The third-order valence-electron chi connectivity index (χ3n) is 4.70. The molecule has 3 N–H and O–H groups in total. The number of rotatable bonds is 4. The lowest BCUT2D eigenvalue weighted by Gasteiger charge is -2.32. The van der Waals surface area contributed by atoms with Gasteiger partial charge in [0.2, 0.25) is 5.91 Å². The molecule has 24 heavy (non-hydrogen) atoms. The molecule has 8 heteroatoms. The third-order valence-corrected chi connectivity index (χ3v) is 5.93. The summed E-state index contributed by atoms with van der Waals surface area (Å²) in [4.78, 5) is 18.1. The standard InChI is InChI=1S/C16H30N4O2S.HI/c1-17-15(18-10-16(22)7-8-23-11-16)19-13-6-4-5-12(9-13)14(21)20(2)3;/h12-13,22H,4-11H2,1-3H3,(H2,17,18,19);1H. The van der Waals surface area contributed by atoms with Gasteiger partial charge in [0.05, 0.1) is 5.60 Å². The molecular weight excluding hydrogens is 439 g/mol. The van der Waals surface area contributed by atoms with Crippen LogP contribution in [0.2, 0.25) is 0 Å². The van der Waals surface area contributed by atoms with Crippen molar-refractivity contribution in [3.8, 4) is 0 Å². The minimum atomic E-state index is -0.627. The molecule has 0 radical (unpaired) electrons. The van der Waals surface area contributed by atoms with Crippen LogP contribution in [0, 0.1) is 5.92 Å². The van der Waals surface area contributed by atoms with Crippen LogP contribution >= 0.6 is 35.7 Å². The normalized spacial score (nSPS) is 30.4. The summed E-state index contributed by atoms with van der Waals surface area (Å²) < 4.78 is 0. The van der Waals surface area contributed by atoms with Crippen LogP contribution in [0.4, 0.5) is 0 Å². The molecule has 3 atom stereocenters. The van der Waals surface area contributed by atoms with Crippen LogP contribution in [0.15, 0.2) is 4.99 Å². The highest BCUT2D eigenvalue weighted by Gasteiger charge is 2.32. The summed E-state index contributed by atoms with van der Waals surface area (Å²) in [5.74, 6) is 2.83. The molecule has 6 nitrogen and oxygen atoms in total. The van der Waals surface area contributed by atoms with Crippen molar-refractivity contribution in [1.82, 2.24) is 15.5 Å². The Hall–Kier alpha value is -0.220. The summed E-state index contributed by atoms with van der Waals surface area (Å²) in [5.41, 5.74) is -0.627. The number of aliphatic imine (C=N–C) groups is 1. The van der Waals surface area contributed by atoms with Gasteiger partial charge in [0.1, 0.15) is 0 Å². The van der Waals surface area contributed by atoms with Crippen molar-refractivity contribution in [1.29, 1.82) is 0 Å². The number of carbonyl (C=O) groups excluding carboxylic acids is 1. The summed E-state index contributed by atoms with van der Waals surface area (Å²) in [7, 11) is 5.38. The van der Waals surface area contributed by atoms with E-state index in [1.807, 2.05) is 14.1 Å². The van der Waals surface area contributed by atoms with Crippen LogP contribution in [-0.2, 0) is 4.79 Å². The van der Waals surface area contributed by atoms with Gasteiger partial charge in [0.25, 0.3) is 0 Å². The molecular formula is C16H31IN4O2S. The van der Waals surface area contributed by atoms with Crippen LogP contribution in [0.25, 0.3) is 0 Å². The van der Waals surface area contributed by atoms with Gasteiger partial charge >= 0.3 is 0 Å². The Kier molecular flexibility index (Phi) is 9.14. The Balaban J connectivity index is 0.00000288. The Morgan fingerprint density at radius 1 is 1.42 bits per heavy atom. The molecule has 0 spiro atoms. The van der Waals surface area contributed by atoms with Crippen LogP contribution in [0.1, 0.15) is 32.1 Å². The number of hydrogen-bond donors (Lipinski definition) is 3. The van der Waals surface area contributed by atoms with Gasteiger partial charge in [-0.2, -0.15) is 11.8 Å². The highest BCUT2D eigenvalue weighted by molar-refractivity contribution is 14.0. The molecule has 0 aromatic carbocycles. The maximum atomic E-state index is 12.2. The van der Waals surface area contributed by atoms with Crippen molar-refractivity contribution in [3.05, 3.63) is 0 Å². The number of guanidine groups is 1. The molecule has 1 aliphatic heterocycles. The lowest BCUT2D eigenvalue weighted by atomic mass is 9.85. The Morgan fingerprint density at radius 2 is 2.17 bits per heavy atom. The van der Waals surface area contributed by atoms with Crippen molar-refractivity contribution < 1.29 is 9.90 Å². The first-order valence-electron chi connectivity index (χ1n) is 8.42. The second kappa shape index (κ2) is 10.1. The highest BCUT2D eigenvalue weighted by atomic mass is 127. The fourth-order valence-corrected chi connectivity index (χ4v) is 4.58. The first-order valence-corrected chi connectivity index (χ1v) is 9.57. The minimum Gasteiger partial charge on any atom is -0.387 e. The number of amides is 1. The lowest BCUT2D eigenvalue weighted by molar-refractivity contribution is -0.134. The van der Waals surface area contributed by atoms with E-state index in [4.69, 9.17) is 0 Å². The average molecular weight is 470 g/mol. The number of hydrogen-bond acceptors (Lipinski definition) is 4. The summed E-state index contributed by atoms with van der Waals surface area (Å²) in [6.07, 6.45) is 4.75. The molecule has 0 bridgehead atoms. The van der Waals surface area contributed by atoms with E-state index in [0.717, 1.165) is 49.6 Å².